The van der Waals surface area contributed by atoms with E-state index in [9.17, 15) is 5.11 Å². The SMILES string of the molecule is O[C@@H]1C[C@H]2CN(c3cnccn3)C[C@H]2C[C@H]1Oc1ccc(-n2cnnc2)cc1. The predicted molar refractivity (Wildman–Crippen MR) is 102 cm³/mol. The summed E-state index contributed by atoms with van der Waals surface area (Å²) in [6.45, 7) is 1.85. The number of hydrogen-bond donors (Lipinski definition) is 1. The minimum atomic E-state index is -0.458. The van der Waals surface area contributed by atoms with Crippen molar-refractivity contribution in [2.45, 2.75) is 25.0 Å². The number of nitrogens with zero attached hydrogens (tertiary/aromatic N) is 6. The van der Waals surface area contributed by atoms with Crippen molar-refractivity contribution in [3.8, 4) is 11.4 Å². The highest BCUT2D eigenvalue weighted by molar-refractivity contribution is 5.38. The van der Waals surface area contributed by atoms with Crippen LogP contribution in [0.2, 0.25) is 0 Å². The highest BCUT2D eigenvalue weighted by Crippen LogP contribution is 2.39. The first kappa shape index (κ1) is 17.1. The summed E-state index contributed by atoms with van der Waals surface area (Å²) in [5.74, 6) is 2.64. The topological polar surface area (TPSA) is 89.2 Å². The monoisotopic (exact) mass is 378 g/mol. The number of aliphatic hydroxyl groups excluding tert-OH is 1. The van der Waals surface area contributed by atoms with Crippen LogP contribution in [0.4, 0.5) is 5.82 Å². The summed E-state index contributed by atoms with van der Waals surface area (Å²) >= 11 is 0. The lowest BCUT2D eigenvalue weighted by Gasteiger charge is -2.35. The summed E-state index contributed by atoms with van der Waals surface area (Å²) in [6.07, 6.45) is 9.48. The maximum absolute atomic E-state index is 10.6. The number of hydrogen-bond acceptors (Lipinski definition) is 7. The van der Waals surface area contributed by atoms with Crippen LogP contribution in [0.25, 0.3) is 5.69 Å². The van der Waals surface area contributed by atoms with Gasteiger partial charge in [-0.2, -0.15) is 0 Å². The van der Waals surface area contributed by atoms with Gasteiger partial charge in [-0.15, -0.1) is 10.2 Å². The van der Waals surface area contributed by atoms with Gasteiger partial charge in [0.1, 0.15) is 30.3 Å². The number of aromatic nitrogens is 5. The van der Waals surface area contributed by atoms with Gasteiger partial charge in [0.2, 0.25) is 0 Å². The summed E-state index contributed by atoms with van der Waals surface area (Å²) in [4.78, 5) is 10.9. The number of benzene rings is 1. The van der Waals surface area contributed by atoms with Gasteiger partial charge in [0.25, 0.3) is 0 Å². The van der Waals surface area contributed by atoms with Crippen molar-refractivity contribution in [3.05, 3.63) is 55.5 Å². The minimum absolute atomic E-state index is 0.191. The molecule has 0 spiro atoms. The zero-order chi connectivity index (χ0) is 18.9. The zero-order valence-corrected chi connectivity index (χ0v) is 15.4. The molecule has 3 heterocycles. The van der Waals surface area contributed by atoms with E-state index >= 15 is 0 Å². The van der Waals surface area contributed by atoms with Crippen molar-refractivity contribution in [1.82, 2.24) is 24.7 Å². The molecule has 8 heteroatoms. The van der Waals surface area contributed by atoms with Crippen molar-refractivity contribution in [1.29, 1.82) is 0 Å². The highest BCUT2D eigenvalue weighted by Gasteiger charge is 2.43. The average Bonchev–Trinajstić information content (AvgIpc) is 3.39. The highest BCUT2D eigenvalue weighted by atomic mass is 16.5. The molecule has 28 heavy (non-hydrogen) atoms. The molecule has 2 aromatic heterocycles. The Morgan fingerprint density at radius 2 is 1.71 bits per heavy atom. The first-order valence-electron chi connectivity index (χ1n) is 9.57. The molecule has 5 rings (SSSR count). The second kappa shape index (κ2) is 7.20. The third-order valence-corrected chi connectivity index (χ3v) is 5.80. The molecular weight excluding hydrogens is 356 g/mol. The van der Waals surface area contributed by atoms with E-state index < -0.39 is 6.10 Å². The Morgan fingerprint density at radius 3 is 2.43 bits per heavy atom. The Labute approximate surface area is 162 Å². The first-order valence-corrected chi connectivity index (χ1v) is 9.57. The number of anilines is 1. The van der Waals surface area contributed by atoms with Crippen LogP contribution < -0.4 is 9.64 Å². The van der Waals surface area contributed by atoms with Crippen molar-refractivity contribution in [2.24, 2.45) is 11.8 Å². The second-order valence-electron chi connectivity index (χ2n) is 7.55. The molecule has 8 nitrogen and oxygen atoms in total. The molecule has 3 aromatic rings. The maximum Gasteiger partial charge on any atom is 0.147 e. The second-order valence-corrected chi connectivity index (χ2v) is 7.55. The van der Waals surface area contributed by atoms with Crippen LogP contribution in [0.3, 0.4) is 0 Å². The molecular formula is C20H22N6O2. The van der Waals surface area contributed by atoms with Crippen molar-refractivity contribution in [2.75, 3.05) is 18.0 Å². The molecule has 2 aliphatic rings. The van der Waals surface area contributed by atoms with E-state index in [1.165, 1.54) is 0 Å². The Kier molecular flexibility index (Phi) is 4.40. The van der Waals surface area contributed by atoms with Crippen LogP contribution in [0.5, 0.6) is 5.75 Å². The van der Waals surface area contributed by atoms with E-state index in [1.807, 2.05) is 28.8 Å². The Morgan fingerprint density at radius 1 is 0.964 bits per heavy atom. The molecule has 1 saturated heterocycles. The number of rotatable bonds is 4. The molecule has 144 valence electrons. The summed E-state index contributed by atoms with van der Waals surface area (Å²) < 4.78 is 7.99. The van der Waals surface area contributed by atoms with E-state index in [1.54, 1.807) is 31.2 Å². The van der Waals surface area contributed by atoms with E-state index in [0.29, 0.717) is 11.8 Å². The zero-order valence-electron chi connectivity index (χ0n) is 15.4. The van der Waals surface area contributed by atoms with E-state index in [0.717, 1.165) is 43.2 Å². The molecule has 1 N–H and O–H groups in total. The van der Waals surface area contributed by atoms with Gasteiger partial charge in [-0.3, -0.25) is 9.55 Å². The van der Waals surface area contributed by atoms with Gasteiger partial charge in [0, 0.05) is 31.2 Å². The van der Waals surface area contributed by atoms with Crippen molar-refractivity contribution in [3.63, 3.8) is 0 Å². The molecule has 1 aromatic carbocycles. The quantitative estimate of drug-likeness (QED) is 0.739. The number of fused-ring (bicyclic) bond motifs is 1. The largest absolute Gasteiger partial charge is 0.488 e. The first-order chi connectivity index (χ1) is 13.8. The molecule has 0 unspecified atom stereocenters. The van der Waals surface area contributed by atoms with E-state index in [2.05, 4.69) is 25.1 Å². The fraction of sp³-hybridized carbons (Fsp3) is 0.400. The van der Waals surface area contributed by atoms with E-state index in [-0.39, 0.29) is 6.10 Å². The van der Waals surface area contributed by atoms with Gasteiger partial charge < -0.3 is 14.7 Å². The minimum Gasteiger partial charge on any atom is -0.488 e. The van der Waals surface area contributed by atoms with Crippen LogP contribution in [0, 0.1) is 11.8 Å². The van der Waals surface area contributed by atoms with Crippen LogP contribution >= 0.6 is 0 Å². The fourth-order valence-corrected chi connectivity index (χ4v) is 4.36. The third kappa shape index (κ3) is 3.31. The van der Waals surface area contributed by atoms with Gasteiger partial charge in [-0.25, -0.2) is 4.98 Å². The molecule has 4 atom stereocenters. The lowest BCUT2D eigenvalue weighted by molar-refractivity contribution is -0.0231. The summed E-state index contributed by atoms with van der Waals surface area (Å²) in [7, 11) is 0. The number of aliphatic hydroxyl groups is 1. The molecule has 1 aliphatic carbocycles. The Bertz CT molecular complexity index is 902. The van der Waals surface area contributed by atoms with Gasteiger partial charge in [0.15, 0.2) is 0 Å². The van der Waals surface area contributed by atoms with Crippen LogP contribution in [-0.4, -0.2) is 55.1 Å². The van der Waals surface area contributed by atoms with Crippen LogP contribution in [-0.2, 0) is 0 Å². The molecule has 0 bridgehead atoms. The molecule has 2 fully saturated rings. The summed E-state index contributed by atoms with van der Waals surface area (Å²) in [6, 6.07) is 7.77. The fourth-order valence-electron chi connectivity index (χ4n) is 4.36. The number of ether oxygens (including phenoxy) is 1. The van der Waals surface area contributed by atoms with Gasteiger partial charge in [-0.05, 0) is 48.9 Å². The standard InChI is InChI=1S/C20H22N6O2/c27-18-7-14-10-25(20-9-21-5-6-22-20)11-15(14)8-19(18)28-17-3-1-16(2-4-17)26-12-23-24-13-26/h1-6,9,12-15,18-19,27H,7-8,10-11H2/t14-,15+,18+,19+/m0/s1. The molecule has 1 saturated carbocycles. The van der Waals surface area contributed by atoms with Crippen molar-refractivity contribution < 1.29 is 9.84 Å². The Hall–Kier alpha value is -3.00. The predicted octanol–water partition coefficient (Wildman–Crippen LogP) is 1.71. The van der Waals surface area contributed by atoms with Gasteiger partial charge in [0.05, 0.1) is 12.3 Å². The van der Waals surface area contributed by atoms with Crippen molar-refractivity contribution >= 4 is 5.82 Å². The summed E-state index contributed by atoms with van der Waals surface area (Å²) in [5.41, 5.74) is 0.969. The molecule has 1 aliphatic heterocycles. The van der Waals surface area contributed by atoms with Crippen LogP contribution in [0.1, 0.15) is 12.8 Å². The normalized spacial score (nSPS) is 26.8. The smallest absolute Gasteiger partial charge is 0.147 e. The van der Waals surface area contributed by atoms with E-state index in [4.69, 9.17) is 4.74 Å². The maximum atomic E-state index is 10.6. The van der Waals surface area contributed by atoms with Gasteiger partial charge >= 0.3 is 0 Å². The lowest BCUT2D eigenvalue weighted by Crippen LogP contribution is -2.42. The molecule has 0 amide bonds. The third-order valence-electron chi connectivity index (χ3n) is 5.80. The van der Waals surface area contributed by atoms with Crippen LogP contribution in [0.15, 0.2) is 55.5 Å². The van der Waals surface area contributed by atoms with Gasteiger partial charge in [-0.1, -0.05) is 0 Å². The summed E-state index contributed by atoms with van der Waals surface area (Å²) in [5, 5.41) is 18.3. The molecule has 0 radical (unpaired) electrons. The Balaban J connectivity index is 1.25. The lowest BCUT2D eigenvalue weighted by atomic mass is 9.78. The average molecular weight is 378 g/mol.